The zero-order valence-corrected chi connectivity index (χ0v) is 14.2. The van der Waals surface area contributed by atoms with Crippen LogP contribution in [0.15, 0.2) is 17.7 Å². The van der Waals surface area contributed by atoms with E-state index < -0.39 is 5.91 Å². The van der Waals surface area contributed by atoms with Crippen molar-refractivity contribution in [1.82, 2.24) is 5.32 Å². The lowest BCUT2D eigenvalue weighted by atomic mass is 10.1. The number of carbonyl (C=O) groups excluding carboxylic acids is 1. The second-order valence-electron chi connectivity index (χ2n) is 4.74. The van der Waals surface area contributed by atoms with Crippen LogP contribution in [0.2, 0.25) is 5.02 Å². The SMILES string of the molecule is COC[C@@H](C)NC(=O)/C(C#N)=C\c1cc(Cl)c(OC)c(OC)c1. The summed E-state index contributed by atoms with van der Waals surface area (Å²) in [6.45, 7) is 2.14. The Bertz CT molecular complexity index is 638. The van der Waals surface area contributed by atoms with Crippen molar-refractivity contribution in [2.45, 2.75) is 13.0 Å². The van der Waals surface area contributed by atoms with Crippen molar-refractivity contribution >= 4 is 23.6 Å². The van der Waals surface area contributed by atoms with Gasteiger partial charge in [0.1, 0.15) is 11.6 Å². The minimum atomic E-state index is -0.483. The van der Waals surface area contributed by atoms with Crippen molar-refractivity contribution in [2.24, 2.45) is 0 Å². The van der Waals surface area contributed by atoms with Crippen LogP contribution in [0, 0.1) is 11.3 Å². The van der Waals surface area contributed by atoms with Crippen LogP contribution in [0.4, 0.5) is 0 Å². The minimum absolute atomic E-state index is 0.0451. The first-order valence-electron chi connectivity index (χ1n) is 6.79. The average Bonchev–Trinajstić information content (AvgIpc) is 2.51. The third kappa shape index (κ3) is 5.16. The summed E-state index contributed by atoms with van der Waals surface area (Å²) in [6.07, 6.45) is 1.43. The Morgan fingerprint density at radius 3 is 2.61 bits per heavy atom. The van der Waals surface area contributed by atoms with Crippen LogP contribution >= 0.6 is 11.6 Å². The van der Waals surface area contributed by atoms with E-state index in [9.17, 15) is 10.1 Å². The van der Waals surface area contributed by atoms with Gasteiger partial charge in [0.2, 0.25) is 0 Å². The highest BCUT2D eigenvalue weighted by Crippen LogP contribution is 2.36. The largest absolute Gasteiger partial charge is 0.493 e. The second-order valence-corrected chi connectivity index (χ2v) is 5.15. The molecule has 0 radical (unpaired) electrons. The molecule has 0 aromatic heterocycles. The van der Waals surface area contributed by atoms with Crippen LogP contribution in [-0.2, 0) is 9.53 Å². The number of benzene rings is 1. The molecule has 1 rings (SSSR count). The number of hydrogen-bond acceptors (Lipinski definition) is 5. The molecule has 0 bridgehead atoms. The second kappa shape index (κ2) is 9.03. The highest BCUT2D eigenvalue weighted by atomic mass is 35.5. The van der Waals surface area contributed by atoms with E-state index in [-0.39, 0.29) is 11.6 Å². The van der Waals surface area contributed by atoms with E-state index in [4.69, 9.17) is 25.8 Å². The van der Waals surface area contributed by atoms with Crippen LogP contribution in [-0.4, -0.2) is 39.9 Å². The number of nitrogens with zero attached hydrogens (tertiary/aromatic N) is 1. The summed E-state index contributed by atoms with van der Waals surface area (Å²) >= 11 is 6.11. The molecule has 1 atom stereocenters. The topological polar surface area (TPSA) is 80.6 Å². The summed E-state index contributed by atoms with van der Waals surface area (Å²) in [5.41, 5.74) is 0.509. The lowest BCUT2D eigenvalue weighted by Gasteiger charge is -2.12. The van der Waals surface area contributed by atoms with Gasteiger partial charge in [-0.15, -0.1) is 0 Å². The van der Waals surface area contributed by atoms with Gasteiger partial charge in [-0.3, -0.25) is 4.79 Å². The molecule has 0 fully saturated rings. The van der Waals surface area contributed by atoms with E-state index in [1.54, 1.807) is 19.1 Å². The van der Waals surface area contributed by atoms with Gasteiger partial charge in [-0.1, -0.05) is 11.6 Å². The number of ether oxygens (including phenoxy) is 3. The standard InChI is InChI=1S/C16H19ClN2O4/c1-10(9-21-2)19-16(20)12(8-18)5-11-6-13(17)15(23-4)14(7-11)22-3/h5-7,10H,9H2,1-4H3,(H,19,20)/b12-5-/t10-/m1/s1. The maximum Gasteiger partial charge on any atom is 0.262 e. The monoisotopic (exact) mass is 338 g/mol. The van der Waals surface area contributed by atoms with Gasteiger partial charge in [0, 0.05) is 13.2 Å². The molecule has 124 valence electrons. The average molecular weight is 339 g/mol. The van der Waals surface area contributed by atoms with Crippen LogP contribution in [0.3, 0.4) is 0 Å². The van der Waals surface area contributed by atoms with Crippen molar-refractivity contribution in [1.29, 1.82) is 5.26 Å². The van der Waals surface area contributed by atoms with Crippen LogP contribution in [0.25, 0.3) is 6.08 Å². The summed E-state index contributed by atoms with van der Waals surface area (Å²) in [5.74, 6) is 0.322. The molecule has 0 spiro atoms. The number of rotatable bonds is 7. The van der Waals surface area contributed by atoms with E-state index in [0.717, 1.165) is 0 Å². The summed E-state index contributed by atoms with van der Waals surface area (Å²) in [5, 5.41) is 12.2. The van der Waals surface area contributed by atoms with E-state index in [0.29, 0.717) is 28.7 Å². The van der Waals surface area contributed by atoms with Crippen molar-refractivity contribution in [3.05, 3.63) is 28.3 Å². The van der Waals surface area contributed by atoms with E-state index in [1.165, 1.54) is 27.4 Å². The van der Waals surface area contributed by atoms with Crippen LogP contribution in [0.5, 0.6) is 11.5 Å². The molecule has 0 aliphatic heterocycles. The van der Waals surface area contributed by atoms with Gasteiger partial charge in [0.05, 0.1) is 25.8 Å². The van der Waals surface area contributed by atoms with Crippen molar-refractivity contribution in [3.63, 3.8) is 0 Å². The molecule has 1 N–H and O–H groups in total. The smallest absolute Gasteiger partial charge is 0.262 e. The summed E-state index contributed by atoms with van der Waals surface area (Å²) in [7, 11) is 4.49. The molecular weight excluding hydrogens is 320 g/mol. The van der Waals surface area contributed by atoms with Gasteiger partial charge < -0.3 is 19.5 Å². The number of nitrogens with one attached hydrogen (secondary N) is 1. The van der Waals surface area contributed by atoms with Gasteiger partial charge in [-0.2, -0.15) is 5.26 Å². The molecular formula is C16H19ClN2O4. The van der Waals surface area contributed by atoms with Gasteiger partial charge in [0.25, 0.3) is 5.91 Å². The molecule has 0 saturated carbocycles. The third-order valence-electron chi connectivity index (χ3n) is 2.93. The Kier molecular flexibility index (Phi) is 7.39. The Balaban J connectivity index is 3.09. The number of nitriles is 1. The summed E-state index contributed by atoms with van der Waals surface area (Å²) < 4.78 is 15.3. The first-order valence-corrected chi connectivity index (χ1v) is 7.17. The molecule has 0 saturated heterocycles. The fraction of sp³-hybridized carbons (Fsp3) is 0.375. The summed E-state index contributed by atoms with van der Waals surface area (Å²) in [6, 6.07) is 4.89. The van der Waals surface area contributed by atoms with Crippen LogP contribution in [0.1, 0.15) is 12.5 Å². The molecule has 1 amide bonds. The zero-order valence-electron chi connectivity index (χ0n) is 13.5. The number of halogens is 1. The van der Waals surface area contributed by atoms with E-state index >= 15 is 0 Å². The molecule has 1 aromatic carbocycles. The predicted molar refractivity (Wildman–Crippen MR) is 87.6 cm³/mol. The number of hydrogen-bond donors (Lipinski definition) is 1. The highest BCUT2D eigenvalue weighted by Gasteiger charge is 2.14. The van der Waals surface area contributed by atoms with Crippen molar-refractivity contribution in [3.8, 4) is 17.6 Å². The Hall–Kier alpha value is -2.23. The van der Waals surface area contributed by atoms with Gasteiger partial charge in [-0.25, -0.2) is 0 Å². The van der Waals surface area contributed by atoms with E-state index in [2.05, 4.69) is 5.32 Å². The van der Waals surface area contributed by atoms with Crippen molar-refractivity contribution in [2.75, 3.05) is 27.9 Å². The molecule has 0 aliphatic carbocycles. The Labute approximate surface area is 140 Å². The predicted octanol–water partition coefficient (Wildman–Crippen LogP) is 2.42. The van der Waals surface area contributed by atoms with Gasteiger partial charge >= 0.3 is 0 Å². The molecule has 23 heavy (non-hydrogen) atoms. The highest BCUT2D eigenvalue weighted by molar-refractivity contribution is 6.32. The number of carbonyl (C=O) groups is 1. The maximum atomic E-state index is 12.1. The fourth-order valence-corrected chi connectivity index (χ4v) is 2.23. The lowest BCUT2D eigenvalue weighted by Crippen LogP contribution is -2.36. The first kappa shape index (κ1) is 18.8. The minimum Gasteiger partial charge on any atom is -0.493 e. The number of amides is 1. The first-order chi connectivity index (χ1) is 11.0. The number of methoxy groups -OCH3 is 3. The van der Waals surface area contributed by atoms with Gasteiger partial charge in [-0.05, 0) is 30.7 Å². The van der Waals surface area contributed by atoms with E-state index in [1.807, 2.05) is 6.07 Å². The maximum absolute atomic E-state index is 12.1. The molecule has 6 nitrogen and oxygen atoms in total. The lowest BCUT2D eigenvalue weighted by molar-refractivity contribution is -0.117. The molecule has 0 heterocycles. The van der Waals surface area contributed by atoms with Gasteiger partial charge in [0.15, 0.2) is 11.5 Å². The van der Waals surface area contributed by atoms with Crippen LogP contribution < -0.4 is 14.8 Å². The fourth-order valence-electron chi connectivity index (χ4n) is 1.93. The third-order valence-corrected chi connectivity index (χ3v) is 3.21. The molecule has 0 unspecified atom stereocenters. The zero-order chi connectivity index (χ0) is 17.4. The summed E-state index contributed by atoms with van der Waals surface area (Å²) in [4.78, 5) is 12.1. The Morgan fingerprint density at radius 1 is 1.39 bits per heavy atom. The van der Waals surface area contributed by atoms with Crippen molar-refractivity contribution < 1.29 is 19.0 Å². The normalized spacial score (nSPS) is 12.3. The molecule has 7 heteroatoms. The quantitative estimate of drug-likeness (QED) is 0.610. The molecule has 0 aliphatic rings. The molecule has 1 aromatic rings. The Morgan fingerprint density at radius 2 is 2.09 bits per heavy atom.